The molecule has 0 spiro atoms. The zero-order valence-electron chi connectivity index (χ0n) is 15.4. The molecule has 1 aromatic heterocycles. The Morgan fingerprint density at radius 3 is 2.65 bits per heavy atom. The number of ether oxygens (including phenoxy) is 1. The standard InChI is InChI=1S/C21H25N3O2/c1-3-4-13-22-21(25)15-24-19-8-6-5-7-18(19)23-20(24)14-16-9-11-17(26-2)12-10-16/h5-12H,3-4,13-15H2,1-2H3,(H,22,25). The molecule has 5 heteroatoms. The van der Waals surface area contributed by atoms with Gasteiger partial charge in [0.05, 0.1) is 18.1 Å². The highest BCUT2D eigenvalue weighted by molar-refractivity contribution is 5.81. The molecule has 3 aromatic rings. The minimum atomic E-state index is 0.0255. The minimum absolute atomic E-state index is 0.0255. The second kappa shape index (κ2) is 8.52. The van der Waals surface area contributed by atoms with Crippen molar-refractivity contribution in [2.75, 3.05) is 13.7 Å². The fourth-order valence-corrected chi connectivity index (χ4v) is 2.97. The van der Waals surface area contributed by atoms with E-state index < -0.39 is 0 Å². The summed E-state index contributed by atoms with van der Waals surface area (Å²) in [7, 11) is 1.66. The first-order valence-corrected chi connectivity index (χ1v) is 9.05. The molecule has 5 nitrogen and oxygen atoms in total. The third-order valence-corrected chi connectivity index (χ3v) is 4.41. The largest absolute Gasteiger partial charge is 0.497 e. The predicted molar refractivity (Wildman–Crippen MR) is 103 cm³/mol. The average molecular weight is 351 g/mol. The van der Waals surface area contributed by atoms with Gasteiger partial charge in [-0.25, -0.2) is 4.98 Å². The van der Waals surface area contributed by atoms with Crippen LogP contribution in [0.25, 0.3) is 11.0 Å². The molecule has 1 amide bonds. The maximum atomic E-state index is 12.3. The summed E-state index contributed by atoms with van der Waals surface area (Å²) in [5, 5.41) is 2.99. The zero-order chi connectivity index (χ0) is 18.4. The van der Waals surface area contributed by atoms with Crippen LogP contribution in [0.5, 0.6) is 5.75 Å². The number of carbonyl (C=O) groups excluding carboxylic acids is 1. The molecule has 0 bridgehead atoms. The number of methoxy groups -OCH3 is 1. The van der Waals surface area contributed by atoms with Gasteiger partial charge < -0.3 is 14.6 Å². The highest BCUT2D eigenvalue weighted by Gasteiger charge is 2.14. The zero-order valence-corrected chi connectivity index (χ0v) is 15.4. The average Bonchev–Trinajstić information content (AvgIpc) is 3.00. The summed E-state index contributed by atoms with van der Waals surface area (Å²) < 4.78 is 7.23. The molecule has 0 unspecified atom stereocenters. The lowest BCUT2D eigenvalue weighted by Crippen LogP contribution is -2.29. The molecule has 26 heavy (non-hydrogen) atoms. The molecule has 0 atom stereocenters. The molecule has 0 aliphatic rings. The Morgan fingerprint density at radius 1 is 1.15 bits per heavy atom. The Morgan fingerprint density at radius 2 is 1.92 bits per heavy atom. The quantitative estimate of drug-likeness (QED) is 0.632. The van der Waals surface area contributed by atoms with E-state index in [1.807, 2.05) is 53.1 Å². The molecule has 1 heterocycles. The molecule has 1 N–H and O–H groups in total. The first-order chi connectivity index (χ1) is 12.7. The van der Waals surface area contributed by atoms with Gasteiger partial charge in [0.2, 0.25) is 5.91 Å². The van der Waals surface area contributed by atoms with Crippen LogP contribution in [-0.4, -0.2) is 29.1 Å². The van der Waals surface area contributed by atoms with Crippen LogP contribution in [0.2, 0.25) is 0 Å². The fourth-order valence-electron chi connectivity index (χ4n) is 2.97. The number of hydrogen-bond donors (Lipinski definition) is 1. The highest BCUT2D eigenvalue weighted by atomic mass is 16.5. The summed E-state index contributed by atoms with van der Waals surface area (Å²) in [6, 6.07) is 15.9. The predicted octanol–water partition coefficient (Wildman–Crippen LogP) is 3.55. The summed E-state index contributed by atoms with van der Waals surface area (Å²) in [4.78, 5) is 17.1. The molecular formula is C21H25N3O2. The van der Waals surface area contributed by atoms with Gasteiger partial charge in [-0.1, -0.05) is 37.6 Å². The second-order valence-corrected chi connectivity index (χ2v) is 6.33. The third-order valence-electron chi connectivity index (χ3n) is 4.41. The third kappa shape index (κ3) is 4.23. The van der Waals surface area contributed by atoms with Crippen LogP contribution >= 0.6 is 0 Å². The summed E-state index contributed by atoms with van der Waals surface area (Å²) in [5.74, 6) is 1.75. The number of para-hydroxylation sites is 2. The lowest BCUT2D eigenvalue weighted by Gasteiger charge is -2.10. The molecule has 0 radical (unpaired) electrons. The summed E-state index contributed by atoms with van der Waals surface area (Å²) in [6.45, 7) is 3.12. The number of benzene rings is 2. The van der Waals surface area contributed by atoms with Gasteiger partial charge in [-0.2, -0.15) is 0 Å². The smallest absolute Gasteiger partial charge is 0.240 e. The van der Waals surface area contributed by atoms with Crippen molar-refractivity contribution >= 4 is 16.9 Å². The van der Waals surface area contributed by atoms with Gasteiger partial charge in [0.1, 0.15) is 18.1 Å². The van der Waals surface area contributed by atoms with Gasteiger partial charge in [-0.15, -0.1) is 0 Å². The van der Waals surface area contributed by atoms with Crippen molar-refractivity contribution in [3.8, 4) is 5.75 Å². The van der Waals surface area contributed by atoms with Crippen LogP contribution in [0, 0.1) is 0 Å². The topological polar surface area (TPSA) is 56.2 Å². The Bertz CT molecular complexity index is 869. The van der Waals surface area contributed by atoms with Crippen LogP contribution in [0.15, 0.2) is 48.5 Å². The van der Waals surface area contributed by atoms with Gasteiger partial charge in [-0.3, -0.25) is 4.79 Å². The lowest BCUT2D eigenvalue weighted by atomic mass is 10.1. The maximum Gasteiger partial charge on any atom is 0.240 e. The van der Waals surface area contributed by atoms with Crippen LogP contribution in [0.3, 0.4) is 0 Å². The van der Waals surface area contributed by atoms with Crippen molar-refractivity contribution in [3.05, 3.63) is 59.9 Å². The SMILES string of the molecule is CCCCNC(=O)Cn1c(Cc2ccc(OC)cc2)nc2ccccc21. The molecule has 0 aliphatic heterocycles. The molecule has 0 saturated heterocycles. The number of hydrogen-bond acceptors (Lipinski definition) is 3. The van der Waals surface area contributed by atoms with Crippen molar-refractivity contribution in [1.29, 1.82) is 0 Å². The number of aromatic nitrogens is 2. The molecule has 3 rings (SSSR count). The highest BCUT2D eigenvalue weighted by Crippen LogP contribution is 2.20. The van der Waals surface area contributed by atoms with Gasteiger partial charge in [0.15, 0.2) is 0 Å². The summed E-state index contributed by atoms with van der Waals surface area (Å²) in [5.41, 5.74) is 3.03. The van der Waals surface area contributed by atoms with Crippen LogP contribution < -0.4 is 10.1 Å². The number of unbranched alkanes of at least 4 members (excludes halogenated alkanes) is 1. The Hall–Kier alpha value is -2.82. The minimum Gasteiger partial charge on any atom is -0.497 e. The molecule has 136 valence electrons. The molecule has 0 aliphatic carbocycles. The van der Waals surface area contributed by atoms with Crippen molar-refractivity contribution < 1.29 is 9.53 Å². The van der Waals surface area contributed by atoms with Gasteiger partial charge in [0.25, 0.3) is 0 Å². The summed E-state index contributed by atoms with van der Waals surface area (Å²) >= 11 is 0. The maximum absolute atomic E-state index is 12.3. The monoisotopic (exact) mass is 351 g/mol. The molecule has 0 fully saturated rings. The number of imidazole rings is 1. The lowest BCUT2D eigenvalue weighted by molar-refractivity contribution is -0.121. The van der Waals surface area contributed by atoms with E-state index in [4.69, 9.17) is 9.72 Å². The Kier molecular flexibility index (Phi) is 5.89. The second-order valence-electron chi connectivity index (χ2n) is 6.33. The Labute approximate surface area is 154 Å². The van der Waals surface area contributed by atoms with Crippen molar-refractivity contribution in [3.63, 3.8) is 0 Å². The van der Waals surface area contributed by atoms with Crippen molar-refractivity contribution in [2.24, 2.45) is 0 Å². The van der Waals surface area contributed by atoms with E-state index in [-0.39, 0.29) is 12.5 Å². The van der Waals surface area contributed by atoms with Crippen LogP contribution in [0.1, 0.15) is 31.2 Å². The van der Waals surface area contributed by atoms with Gasteiger partial charge in [0, 0.05) is 13.0 Å². The number of rotatable bonds is 8. The van der Waals surface area contributed by atoms with E-state index in [0.29, 0.717) is 6.42 Å². The first-order valence-electron chi connectivity index (χ1n) is 9.05. The first kappa shape index (κ1) is 18.0. The molecular weight excluding hydrogens is 326 g/mol. The Balaban J connectivity index is 1.85. The van der Waals surface area contributed by atoms with Crippen LogP contribution in [-0.2, 0) is 17.8 Å². The molecule has 0 saturated carbocycles. The van der Waals surface area contributed by atoms with E-state index in [1.165, 1.54) is 0 Å². The van der Waals surface area contributed by atoms with Gasteiger partial charge in [-0.05, 0) is 36.2 Å². The van der Waals surface area contributed by atoms with Crippen molar-refractivity contribution in [1.82, 2.24) is 14.9 Å². The van der Waals surface area contributed by atoms with Crippen molar-refractivity contribution in [2.45, 2.75) is 32.7 Å². The number of nitrogens with zero attached hydrogens (tertiary/aromatic N) is 2. The number of amides is 1. The van der Waals surface area contributed by atoms with Crippen LogP contribution in [0.4, 0.5) is 0 Å². The fraction of sp³-hybridized carbons (Fsp3) is 0.333. The number of nitrogens with one attached hydrogen (secondary N) is 1. The normalized spacial score (nSPS) is 10.8. The summed E-state index contributed by atoms with van der Waals surface area (Å²) in [6.07, 6.45) is 2.73. The van der Waals surface area contributed by atoms with E-state index in [0.717, 1.165) is 47.6 Å². The number of fused-ring (bicyclic) bond motifs is 1. The van der Waals surface area contributed by atoms with Gasteiger partial charge >= 0.3 is 0 Å². The van der Waals surface area contributed by atoms with E-state index in [9.17, 15) is 4.79 Å². The van der Waals surface area contributed by atoms with E-state index in [2.05, 4.69) is 12.2 Å². The van der Waals surface area contributed by atoms with E-state index in [1.54, 1.807) is 7.11 Å². The molecule has 2 aromatic carbocycles. The van der Waals surface area contributed by atoms with E-state index >= 15 is 0 Å². The number of carbonyl (C=O) groups is 1.